The molecule has 0 saturated carbocycles. The molecule has 4 aromatic heterocycles. The molecule has 17 rings (SSSR count). The smallest absolute Gasteiger partial charge is 0.179 e. The molecule has 0 radical (unpaired) electrons. The van der Waals surface area contributed by atoms with Crippen molar-refractivity contribution in [3.8, 4) is 28.5 Å². The summed E-state index contributed by atoms with van der Waals surface area (Å²) in [5, 5.41) is 17.9. The standard InChI is InChI=1S/C83H58N4Si2/c1-7-30-62(31-8-1)88(63-32-9-2-10-33-63,64-34-11-3-12-35-64)68-50-52-80-74(57-68)72-44-21-25-48-78(72)86(80)82-55-60(59-28-27-29-61(54-59)85-76-46-23-19-42-70(76)71-43-20-24-47-77(71)85)56-83(84-82)87-79-49-26-22-45-73(79)75-58-69(51-53-81(75)87)89(65-36-13-4-14-37-65,66-38-15-5-16-39-66)67-40-17-6-18-41-67/h1-58H. The first-order chi connectivity index (χ1) is 44.2. The van der Waals surface area contributed by atoms with Gasteiger partial charge in [-0.3, -0.25) is 9.13 Å². The van der Waals surface area contributed by atoms with Gasteiger partial charge >= 0.3 is 0 Å². The minimum Gasteiger partial charge on any atom is -0.309 e. The van der Waals surface area contributed by atoms with Crippen molar-refractivity contribution in [2.75, 3.05) is 0 Å². The van der Waals surface area contributed by atoms with Crippen molar-refractivity contribution in [2.45, 2.75) is 0 Å². The largest absolute Gasteiger partial charge is 0.309 e. The number of nitrogens with zero attached hydrogens (tertiary/aromatic N) is 4. The van der Waals surface area contributed by atoms with Crippen LogP contribution in [-0.2, 0) is 0 Å². The second-order valence-corrected chi connectivity index (χ2v) is 31.0. The van der Waals surface area contributed by atoms with Crippen molar-refractivity contribution in [1.29, 1.82) is 0 Å². The van der Waals surface area contributed by atoms with Crippen LogP contribution < -0.4 is 41.5 Å². The molecule has 4 heterocycles. The molecule has 0 aliphatic heterocycles. The maximum atomic E-state index is 5.96. The number of hydrogen-bond acceptors (Lipinski definition) is 1. The topological polar surface area (TPSA) is 27.7 Å². The summed E-state index contributed by atoms with van der Waals surface area (Å²) in [4.78, 5) is 5.96. The molecule has 0 aliphatic rings. The van der Waals surface area contributed by atoms with Crippen LogP contribution in [0.5, 0.6) is 0 Å². The van der Waals surface area contributed by atoms with Crippen molar-refractivity contribution in [1.82, 2.24) is 18.7 Å². The van der Waals surface area contributed by atoms with Gasteiger partial charge in [0.15, 0.2) is 16.1 Å². The van der Waals surface area contributed by atoms with Gasteiger partial charge in [0.05, 0.1) is 33.1 Å². The Balaban J connectivity index is 0.932. The fraction of sp³-hybridized carbons (Fsp3) is 0. The van der Waals surface area contributed by atoms with Crippen LogP contribution in [-0.4, -0.2) is 34.8 Å². The molecular formula is C83H58N4Si2. The van der Waals surface area contributed by atoms with E-state index in [0.717, 1.165) is 50.5 Å². The molecule has 0 amide bonds. The fourth-order valence-corrected chi connectivity index (χ4v) is 24.5. The summed E-state index contributed by atoms with van der Waals surface area (Å²) in [5.41, 5.74) is 9.98. The van der Waals surface area contributed by atoms with Gasteiger partial charge in [0, 0.05) is 38.0 Å². The minimum absolute atomic E-state index is 0.836. The number of aromatic nitrogens is 4. The van der Waals surface area contributed by atoms with E-state index in [4.69, 9.17) is 4.98 Å². The molecule has 0 aliphatic carbocycles. The lowest BCUT2D eigenvalue weighted by molar-refractivity contribution is 1.01. The van der Waals surface area contributed by atoms with Crippen molar-refractivity contribution >= 4 is 123 Å². The molecule has 0 bridgehead atoms. The molecule has 0 N–H and O–H groups in total. The third kappa shape index (κ3) is 8.22. The number of fused-ring (bicyclic) bond motifs is 9. The SMILES string of the molecule is c1ccc([Si](c2ccccc2)(c2ccccc2)c2ccc3c(c2)c2ccccc2n3-c2cc(-c3cccc(-n4c5ccccc5c5ccccc54)c3)cc(-n3c4ccccc4c4cc([Si](c5ccccc5)(c5ccccc5)c5ccccc5)ccc43)n2)cc1. The molecular weight excluding hydrogens is 1110 g/mol. The molecule has 0 atom stereocenters. The number of para-hydroxylation sites is 4. The molecule has 6 heteroatoms. The van der Waals surface area contributed by atoms with Gasteiger partial charge in [0.2, 0.25) is 0 Å². The minimum atomic E-state index is -2.89. The fourth-order valence-electron chi connectivity index (χ4n) is 15.0. The van der Waals surface area contributed by atoms with E-state index in [1.54, 1.807) is 0 Å². The van der Waals surface area contributed by atoms with E-state index >= 15 is 0 Å². The molecule has 0 fully saturated rings. The van der Waals surface area contributed by atoms with Crippen LogP contribution in [0.2, 0.25) is 0 Å². The Hall–Kier alpha value is -11.2. The number of pyridine rings is 1. The highest BCUT2D eigenvalue weighted by molar-refractivity contribution is 7.20. The van der Waals surface area contributed by atoms with Crippen LogP contribution in [0.3, 0.4) is 0 Å². The van der Waals surface area contributed by atoms with Crippen molar-refractivity contribution in [2.24, 2.45) is 0 Å². The number of hydrogen-bond donors (Lipinski definition) is 0. The van der Waals surface area contributed by atoms with Crippen LogP contribution in [0, 0.1) is 0 Å². The molecule has 89 heavy (non-hydrogen) atoms. The first kappa shape index (κ1) is 52.2. The van der Waals surface area contributed by atoms with Crippen LogP contribution >= 0.6 is 0 Å². The normalized spacial score (nSPS) is 12.0. The second kappa shape index (κ2) is 21.4. The van der Waals surface area contributed by atoms with Crippen molar-refractivity contribution in [3.63, 3.8) is 0 Å². The Morgan fingerprint density at radius 3 is 0.831 bits per heavy atom. The number of benzene rings is 13. The lowest BCUT2D eigenvalue weighted by atomic mass is 10.1. The summed E-state index contributed by atoms with van der Waals surface area (Å²) in [5.74, 6) is 1.67. The van der Waals surface area contributed by atoms with E-state index in [1.165, 1.54) is 84.8 Å². The first-order valence-electron chi connectivity index (χ1n) is 30.7. The molecule has 0 spiro atoms. The van der Waals surface area contributed by atoms with Crippen LogP contribution in [0.15, 0.2) is 352 Å². The maximum Gasteiger partial charge on any atom is 0.179 e. The summed E-state index contributed by atoms with van der Waals surface area (Å²) in [7, 11) is -5.78. The van der Waals surface area contributed by atoms with E-state index in [1.807, 2.05) is 0 Å². The lowest BCUT2D eigenvalue weighted by Crippen LogP contribution is -2.74. The summed E-state index contributed by atoms with van der Waals surface area (Å²) >= 11 is 0. The van der Waals surface area contributed by atoms with E-state index in [9.17, 15) is 0 Å². The lowest BCUT2D eigenvalue weighted by Gasteiger charge is -2.34. The van der Waals surface area contributed by atoms with Gasteiger partial charge in [0.1, 0.15) is 11.6 Å². The monoisotopic (exact) mass is 1170 g/mol. The maximum absolute atomic E-state index is 5.96. The van der Waals surface area contributed by atoms with Crippen LogP contribution in [0.1, 0.15) is 0 Å². The van der Waals surface area contributed by atoms with Gasteiger partial charge in [-0.05, 0) is 113 Å². The third-order valence-electron chi connectivity index (χ3n) is 18.7. The summed E-state index contributed by atoms with van der Waals surface area (Å²) in [6.07, 6.45) is 0. The van der Waals surface area contributed by atoms with Crippen LogP contribution in [0.25, 0.3) is 93.9 Å². The van der Waals surface area contributed by atoms with E-state index in [0.29, 0.717) is 0 Å². The molecule has 0 saturated heterocycles. The zero-order valence-corrected chi connectivity index (χ0v) is 50.8. The Morgan fingerprint density at radius 1 is 0.191 bits per heavy atom. The predicted octanol–water partition coefficient (Wildman–Crippen LogP) is 14.8. The molecule has 0 unspecified atom stereocenters. The first-order valence-corrected chi connectivity index (χ1v) is 34.7. The third-order valence-corrected chi connectivity index (χ3v) is 28.3. The van der Waals surface area contributed by atoms with Crippen LogP contribution in [0.4, 0.5) is 0 Å². The van der Waals surface area contributed by atoms with Gasteiger partial charge < -0.3 is 4.57 Å². The quantitative estimate of drug-likeness (QED) is 0.0885. The van der Waals surface area contributed by atoms with Crippen molar-refractivity contribution < 1.29 is 0 Å². The highest BCUT2D eigenvalue weighted by atomic mass is 28.3. The zero-order chi connectivity index (χ0) is 58.9. The Labute approximate surface area is 518 Å². The zero-order valence-electron chi connectivity index (χ0n) is 48.8. The Kier molecular flexibility index (Phi) is 12.5. The molecule has 17 aromatic rings. The molecule has 418 valence electrons. The van der Waals surface area contributed by atoms with Gasteiger partial charge in [-0.2, -0.15) is 0 Å². The van der Waals surface area contributed by atoms with Gasteiger partial charge in [-0.25, -0.2) is 4.98 Å². The highest BCUT2D eigenvalue weighted by Gasteiger charge is 2.43. The second-order valence-electron chi connectivity index (χ2n) is 23.4. The Morgan fingerprint density at radius 2 is 0.483 bits per heavy atom. The van der Waals surface area contributed by atoms with Gasteiger partial charge in [0.25, 0.3) is 0 Å². The van der Waals surface area contributed by atoms with E-state index < -0.39 is 16.1 Å². The molecule has 13 aromatic carbocycles. The van der Waals surface area contributed by atoms with E-state index in [-0.39, 0.29) is 0 Å². The van der Waals surface area contributed by atoms with E-state index in [2.05, 4.69) is 366 Å². The Bertz CT molecular complexity index is 4980. The predicted molar refractivity (Wildman–Crippen MR) is 380 cm³/mol. The van der Waals surface area contributed by atoms with Gasteiger partial charge in [-0.1, -0.05) is 291 Å². The van der Waals surface area contributed by atoms with Gasteiger partial charge in [-0.15, -0.1) is 0 Å². The highest BCUT2D eigenvalue weighted by Crippen LogP contribution is 2.39. The summed E-state index contributed by atoms with van der Waals surface area (Å²) < 4.78 is 7.25. The summed E-state index contributed by atoms with van der Waals surface area (Å²) in [6, 6.07) is 131. The summed E-state index contributed by atoms with van der Waals surface area (Å²) in [6.45, 7) is 0. The van der Waals surface area contributed by atoms with Crippen molar-refractivity contribution in [3.05, 3.63) is 352 Å². The number of rotatable bonds is 12. The molecule has 4 nitrogen and oxygen atoms in total. The average molecular weight is 1170 g/mol. The average Bonchev–Trinajstić information content (AvgIpc) is 1.86.